The molecule has 0 radical (unpaired) electrons. The molecular formula is C13H26N2O. The van der Waals surface area contributed by atoms with E-state index in [-0.39, 0.29) is 0 Å². The first-order valence-corrected chi connectivity index (χ1v) is 6.76. The summed E-state index contributed by atoms with van der Waals surface area (Å²) in [5.41, 5.74) is 0. The lowest BCUT2D eigenvalue weighted by Crippen LogP contribution is -2.50. The molecule has 1 aliphatic heterocycles. The molecule has 0 aromatic heterocycles. The number of nitrogens with zero attached hydrogens (tertiary/aromatic N) is 1. The molecule has 1 saturated heterocycles. The largest absolute Gasteiger partial charge is 0.374 e. The molecule has 1 heterocycles. The molecular weight excluding hydrogens is 200 g/mol. The Kier molecular flexibility index (Phi) is 4.22. The molecule has 0 spiro atoms. The third-order valence-electron chi connectivity index (χ3n) is 3.90. The number of nitrogens with one attached hydrogen (secondary N) is 1. The maximum Gasteiger partial charge on any atom is 0.0826 e. The molecule has 2 fully saturated rings. The van der Waals surface area contributed by atoms with Crippen LogP contribution in [-0.2, 0) is 4.74 Å². The fourth-order valence-electron chi connectivity index (χ4n) is 2.41. The van der Waals surface area contributed by atoms with Gasteiger partial charge in [0, 0.05) is 31.7 Å². The molecule has 94 valence electrons. The van der Waals surface area contributed by atoms with Crippen molar-refractivity contribution in [2.24, 2.45) is 5.92 Å². The van der Waals surface area contributed by atoms with Gasteiger partial charge in [-0.1, -0.05) is 0 Å². The average molecular weight is 226 g/mol. The highest BCUT2D eigenvalue weighted by Gasteiger charge is 2.29. The van der Waals surface area contributed by atoms with Crippen molar-refractivity contribution >= 4 is 0 Å². The van der Waals surface area contributed by atoms with Gasteiger partial charge in [0.2, 0.25) is 0 Å². The van der Waals surface area contributed by atoms with Gasteiger partial charge >= 0.3 is 0 Å². The number of hydrogen-bond donors (Lipinski definition) is 1. The Balaban J connectivity index is 1.68. The third kappa shape index (κ3) is 3.44. The zero-order valence-electron chi connectivity index (χ0n) is 10.9. The molecule has 1 N–H and O–H groups in total. The Bertz CT molecular complexity index is 216. The fraction of sp³-hybridized carbons (Fsp3) is 1.00. The van der Waals surface area contributed by atoms with Crippen LogP contribution in [0.4, 0.5) is 0 Å². The highest BCUT2D eigenvalue weighted by Crippen LogP contribution is 2.32. The average Bonchev–Trinajstić information content (AvgIpc) is 3.10. The topological polar surface area (TPSA) is 24.5 Å². The van der Waals surface area contributed by atoms with Crippen LogP contribution in [0.25, 0.3) is 0 Å². The summed E-state index contributed by atoms with van der Waals surface area (Å²) in [5.74, 6) is 0.935. The zero-order chi connectivity index (χ0) is 11.5. The second kappa shape index (κ2) is 5.48. The van der Waals surface area contributed by atoms with E-state index in [0.717, 1.165) is 32.2 Å². The first-order chi connectivity index (χ1) is 7.66. The minimum Gasteiger partial charge on any atom is -0.374 e. The summed E-state index contributed by atoms with van der Waals surface area (Å²) < 4.78 is 5.80. The van der Waals surface area contributed by atoms with Crippen molar-refractivity contribution in [2.75, 3.05) is 26.2 Å². The molecule has 0 aromatic rings. The van der Waals surface area contributed by atoms with Gasteiger partial charge in [-0.05, 0) is 39.5 Å². The molecule has 2 aliphatic rings. The SMILES string of the molecule is CC(NCC1CN(C(C)C)CCO1)C1CC1. The van der Waals surface area contributed by atoms with E-state index in [1.165, 1.54) is 12.8 Å². The van der Waals surface area contributed by atoms with Crippen LogP contribution in [0.1, 0.15) is 33.6 Å². The molecule has 2 unspecified atom stereocenters. The van der Waals surface area contributed by atoms with Crippen LogP contribution in [0.15, 0.2) is 0 Å². The van der Waals surface area contributed by atoms with Crippen LogP contribution in [0.3, 0.4) is 0 Å². The van der Waals surface area contributed by atoms with E-state index in [0.29, 0.717) is 18.2 Å². The van der Waals surface area contributed by atoms with Crippen LogP contribution in [0, 0.1) is 5.92 Å². The molecule has 3 nitrogen and oxygen atoms in total. The number of rotatable bonds is 5. The lowest BCUT2D eigenvalue weighted by Gasteiger charge is -2.36. The van der Waals surface area contributed by atoms with Gasteiger partial charge < -0.3 is 10.1 Å². The highest BCUT2D eigenvalue weighted by molar-refractivity contribution is 4.85. The van der Waals surface area contributed by atoms with Gasteiger partial charge in [0.1, 0.15) is 0 Å². The molecule has 0 amide bonds. The monoisotopic (exact) mass is 226 g/mol. The lowest BCUT2D eigenvalue weighted by molar-refractivity contribution is -0.0381. The first-order valence-electron chi connectivity index (χ1n) is 6.76. The molecule has 1 aliphatic carbocycles. The van der Waals surface area contributed by atoms with E-state index in [1.807, 2.05) is 0 Å². The van der Waals surface area contributed by atoms with Crippen LogP contribution in [-0.4, -0.2) is 49.3 Å². The Hall–Kier alpha value is -0.120. The molecule has 16 heavy (non-hydrogen) atoms. The molecule has 1 saturated carbocycles. The maximum absolute atomic E-state index is 5.80. The molecule has 3 heteroatoms. The van der Waals surface area contributed by atoms with Crippen LogP contribution < -0.4 is 5.32 Å². The van der Waals surface area contributed by atoms with Crippen LogP contribution in [0.5, 0.6) is 0 Å². The molecule has 0 bridgehead atoms. The summed E-state index contributed by atoms with van der Waals surface area (Å²) in [7, 11) is 0. The Morgan fingerprint density at radius 2 is 2.06 bits per heavy atom. The first kappa shape index (κ1) is 12.3. The van der Waals surface area contributed by atoms with Gasteiger partial charge in [-0.2, -0.15) is 0 Å². The Morgan fingerprint density at radius 1 is 1.31 bits per heavy atom. The van der Waals surface area contributed by atoms with Crippen molar-refractivity contribution in [3.05, 3.63) is 0 Å². The quantitative estimate of drug-likeness (QED) is 0.768. The van der Waals surface area contributed by atoms with E-state index >= 15 is 0 Å². The molecule has 2 rings (SSSR count). The van der Waals surface area contributed by atoms with E-state index in [9.17, 15) is 0 Å². The van der Waals surface area contributed by atoms with Crippen molar-refractivity contribution in [1.29, 1.82) is 0 Å². The lowest BCUT2D eigenvalue weighted by atomic mass is 10.2. The van der Waals surface area contributed by atoms with E-state index in [1.54, 1.807) is 0 Å². The summed E-state index contributed by atoms with van der Waals surface area (Å²) in [4.78, 5) is 2.51. The fourth-order valence-corrected chi connectivity index (χ4v) is 2.41. The Labute approximate surface area is 99.5 Å². The van der Waals surface area contributed by atoms with Crippen molar-refractivity contribution in [3.63, 3.8) is 0 Å². The van der Waals surface area contributed by atoms with E-state index < -0.39 is 0 Å². The summed E-state index contributed by atoms with van der Waals surface area (Å²) >= 11 is 0. The summed E-state index contributed by atoms with van der Waals surface area (Å²) in [5, 5.41) is 3.62. The Morgan fingerprint density at radius 3 is 2.69 bits per heavy atom. The van der Waals surface area contributed by atoms with Crippen molar-refractivity contribution in [2.45, 2.75) is 51.8 Å². The summed E-state index contributed by atoms with van der Waals surface area (Å²) in [6, 6.07) is 1.32. The number of ether oxygens (including phenoxy) is 1. The second-order valence-electron chi connectivity index (χ2n) is 5.62. The standard InChI is InChI=1S/C13H26N2O/c1-10(2)15-6-7-16-13(9-15)8-14-11(3)12-4-5-12/h10-14H,4-9H2,1-3H3. The van der Waals surface area contributed by atoms with E-state index in [2.05, 4.69) is 31.0 Å². The predicted molar refractivity (Wildman–Crippen MR) is 66.6 cm³/mol. The molecule has 2 atom stereocenters. The van der Waals surface area contributed by atoms with E-state index in [4.69, 9.17) is 4.74 Å². The zero-order valence-corrected chi connectivity index (χ0v) is 10.9. The normalized spacial score (nSPS) is 29.6. The highest BCUT2D eigenvalue weighted by atomic mass is 16.5. The van der Waals surface area contributed by atoms with Gasteiger partial charge in [-0.3, -0.25) is 4.90 Å². The number of morpholine rings is 1. The predicted octanol–water partition coefficient (Wildman–Crippen LogP) is 1.48. The third-order valence-corrected chi connectivity index (χ3v) is 3.90. The molecule has 0 aromatic carbocycles. The van der Waals surface area contributed by atoms with Crippen molar-refractivity contribution in [1.82, 2.24) is 10.2 Å². The second-order valence-corrected chi connectivity index (χ2v) is 5.62. The van der Waals surface area contributed by atoms with Gasteiger partial charge in [-0.15, -0.1) is 0 Å². The van der Waals surface area contributed by atoms with Crippen molar-refractivity contribution < 1.29 is 4.74 Å². The van der Waals surface area contributed by atoms with Gasteiger partial charge in [0.25, 0.3) is 0 Å². The van der Waals surface area contributed by atoms with Crippen LogP contribution >= 0.6 is 0 Å². The van der Waals surface area contributed by atoms with Gasteiger partial charge in [0.05, 0.1) is 12.7 Å². The summed E-state index contributed by atoms with van der Waals surface area (Å²) in [6.07, 6.45) is 3.22. The minimum absolute atomic E-state index is 0.386. The van der Waals surface area contributed by atoms with Crippen molar-refractivity contribution in [3.8, 4) is 0 Å². The smallest absolute Gasteiger partial charge is 0.0826 e. The minimum atomic E-state index is 0.386. The van der Waals surface area contributed by atoms with Gasteiger partial charge in [0.15, 0.2) is 0 Å². The summed E-state index contributed by atoms with van der Waals surface area (Å²) in [6.45, 7) is 10.9. The maximum atomic E-state index is 5.80. The van der Waals surface area contributed by atoms with Crippen LogP contribution in [0.2, 0.25) is 0 Å². The number of hydrogen-bond acceptors (Lipinski definition) is 3. The van der Waals surface area contributed by atoms with Gasteiger partial charge in [-0.25, -0.2) is 0 Å².